The van der Waals surface area contributed by atoms with Crippen LogP contribution in [0.2, 0.25) is 15.1 Å². The number of likely N-dealkylation sites (N-methyl/N-ethyl adjacent to an activating group) is 1. The summed E-state index contributed by atoms with van der Waals surface area (Å²) >= 11 is 18.7. The molecule has 3 rings (SSSR count). The third-order valence-corrected chi connectivity index (χ3v) is 8.65. The first-order valence-electron chi connectivity index (χ1n) is 11.9. The number of ether oxygens (including phenoxy) is 1. The summed E-state index contributed by atoms with van der Waals surface area (Å²) in [6.45, 7) is 2.80. The van der Waals surface area contributed by atoms with Gasteiger partial charge in [0.15, 0.2) is 0 Å². The Hall–Kier alpha value is -2.98. The van der Waals surface area contributed by atoms with Crippen molar-refractivity contribution in [1.82, 2.24) is 10.2 Å². The molecule has 0 spiro atoms. The van der Waals surface area contributed by atoms with Gasteiger partial charge in [-0.1, -0.05) is 53.0 Å². The molecule has 0 aromatic heterocycles. The predicted molar refractivity (Wildman–Crippen MR) is 154 cm³/mol. The molecule has 1 N–H and O–H groups in total. The van der Waals surface area contributed by atoms with Crippen LogP contribution in [0.5, 0.6) is 5.75 Å². The molecule has 12 heteroatoms. The summed E-state index contributed by atoms with van der Waals surface area (Å²) < 4.78 is 34.5. The lowest BCUT2D eigenvalue weighted by Crippen LogP contribution is -2.50. The molecule has 0 aliphatic carbocycles. The number of benzene rings is 3. The SMILES string of the molecule is CCOc1ccccc1N(CC(=O)N(Cc1c(Cl)cccc1Cl)[C@@H](C)C(=O)NC)S(=O)(=O)c1ccc(Cl)cc1. The molecule has 208 valence electrons. The molecule has 0 saturated carbocycles. The number of carbonyl (C=O) groups is 2. The molecule has 8 nitrogen and oxygen atoms in total. The fraction of sp³-hybridized carbons (Fsp3) is 0.259. The topological polar surface area (TPSA) is 96.0 Å². The average molecular weight is 613 g/mol. The van der Waals surface area contributed by atoms with Gasteiger partial charge in [0.2, 0.25) is 11.8 Å². The Kier molecular flexibility index (Phi) is 10.5. The monoisotopic (exact) mass is 611 g/mol. The number of anilines is 1. The van der Waals surface area contributed by atoms with Crippen LogP contribution >= 0.6 is 34.8 Å². The second-order valence-electron chi connectivity index (χ2n) is 8.38. The lowest BCUT2D eigenvalue weighted by atomic mass is 10.1. The van der Waals surface area contributed by atoms with Gasteiger partial charge in [-0.15, -0.1) is 0 Å². The van der Waals surface area contributed by atoms with Crippen LogP contribution in [0.4, 0.5) is 5.69 Å². The maximum absolute atomic E-state index is 13.9. The second kappa shape index (κ2) is 13.4. The van der Waals surface area contributed by atoms with E-state index in [2.05, 4.69) is 5.32 Å². The van der Waals surface area contributed by atoms with E-state index in [1.54, 1.807) is 49.4 Å². The molecule has 0 radical (unpaired) electrons. The minimum absolute atomic E-state index is 0.0777. The van der Waals surface area contributed by atoms with Gasteiger partial charge >= 0.3 is 0 Å². The summed E-state index contributed by atoms with van der Waals surface area (Å²) in [6, 6.07) is 16.0. The van der Waals surface area contributed by atoms with Crippen LogP contribution in [0.1, 0.15) is 19.4 Å². The minimum atomic E-state index is -4.29. The smallest absolute Gasteiger partial charge is 0.264 e. The Balaban J connectivity index is 2.12. The summed E-state index contributed by atoms with van der Waals surface area (Å²) in [7, 11) is -2.84. The van der Waals surface area contributed by atoms with Crippen molar-refractivity contribution in [2.24, 2.45) is 0 Å². The van der Waals surface area contributed by atoms with E-state index in [9.17, 15) is 18.0 Å². The highest BCUT2D eigenvalue weighted by atomic mass is 35.5. The van der Waals surface area contributed by atoms with E-state index in [-0.39, 0.29) is 29.5 Å². The van der Waals surface area contributed by atoms with Crippen molar-refractivity contribution >= 4 is 62.3 Å². The second-order valence-corrected chi connectivity index (χ2v) is 11.5. The van der Waals surface area contributed by atoms with Crippen LogP contribution in [0.3, 0.4) is 0 Å². The van der Waals surface area contributed by atoms with Gasteiger partial charge in [0, 0.05) is 34.2 Å². The molecule has 1 atom stereocenters. The highest BCUT2D eigenvalue weighted by Gasteiger charge is 2.34. The summed E-state index contributed by atoms with van der Waals surface area (Å²) in [5, 5.41) is 3.48. The van der Waals surface area contributed by atoms with Crippen LogP contribution in [0.15, 0.2) is 71.6 Å². The zero-order chi connectivity index (χ0) is 28.7. The minimum Gasteiger partial charge on any atom is -0.492 e. The van der Waals surface area contributed by atoms with Crippen LogP contribution in [-0.2, 0) is 26.2 Å². The Morgan fingerprint density at radius 3 is 2.15 bits per heavy atom. The molecule has 0 fully saturated rings. The molecule has 0 saturated heterocycles. The molecule has 39 heavy (non-hydrogen) atoms. The van der Waals surface area contributed by atoms with Gasteiger partial charge < -0.3 is 15.0 Å². The fourth-order valence-electron chi connectivity index (χ4n) is 3.83. The van der Waals surface area contributed by atoms with Gasteiger partial charge in [-0.2, -0.15) is 0 Å². The van der Waals surface area contributed by atoms with Crippen molar-refractivity contribution in [2.45, 2.75) is 31.3 Å². The Bertz CT molecular complexity index is 1410. The predicted octanol–water partition coefficient (Wildman–Crippen LogP) is 5.40. The van der Waals surface area contributed by atoms with Crippen LogP contribution in [0, 0.1) is 0 Å². The number of amides is 2. The first-order valence-corrected chi connectivity index (χ1v) is 14.5. The summed E-state index contributed by atoms with van der Waals surface area (Å²) in [4.78, 5) is 27.7. The van der Waals surface area contributed by atoms with Crippen molar-refractivity contribution < 1.29 is 22.7 Å². The van der Waals surface area contributed by atoms with Gasteiger partial charge in [-0.25, -0.2) is 8.42 Å². The zero-order valence-corrected chi connectivity index (χ0v) is 24.6. The number of rotatable bonds is 11. The molecular weight excluding hydrogens is 585 g/mol. The quantitative estimate of drug-likeness (QED) is 0.313. The summed E-state index contributed by atoms with van der Waals surface area (Å²) in [5.41, 5.74) is 0.581. The zero-order valence-electron chi connectivity index (χ0n) is 21.5. The van der Waals surface area contributed by atoms with Crippen LogP contribution in [-0.4, -0.2) is 51.4 Å². The number of hydrogen-bond acceptors (Lipinski definition) is 5. The van der Waals surface area contributed by atoms with Crippen LogP contribution in [0.25, 0.3) is 0 Å². The van der Waals surface area contributed by atoms with E-state index in [0.29, 0.717) is 20.6 Å². The van der Waals surface area contributed by atoms with Gasteiger partial charge in [0.25, 0.3) is 10.0 Å². The molecule has 0 unspecified atom stereocenters. The molecule has 0 heterocycles. The Labute approximate surface area is 243 Å². The van der Waals surface area contributed by atoms with Crippen molar-refractivity contribution in [3.8, 4) is 5.75 Å². The molecule has 0 aliphatic rings. The number of carbonyl (C=O) groups excluding carboxylic acids is 2. The highest BCUT2D eigenvalue weighted by Crippen LogP contribution is 2.33. The maximum atomic E-state index is 13.9. The van der Waals surface area contributed by atoms with Crippen molar-refractivity contribution in [2.75, 3.05) is 24.5 Å². The number of nitrogens with zero attached hydrogens (tertiary/aromatic N) is 2. The summed E-state index contributed by atoms with van der Waals surface area (Å²) in [6.07, 6.45) is 0. The lowest BCUT2D eigenvalue weighted by molar-refractivity contribution is -0.139. The van der Waals surface area contributed by atoms with E-state index in [4.69, 9.17) is 39.5 Å². The number of nitrogens with one attached hydrogen (secondary N) is 1. The molecular formula is C27H28Cl3N3O5S. The van der Waals surface area contributed by atoms with E-state index >= 15 is 0 Å². The van der Waals surface area contributed by atoms with E-state index in [1.165, 1.54) is 43.1 Å². The third-order valence-electron chi connectivity index (χ3n) is 5.92. The first kappa shape index (κ1) is 30.6. The Morgan fingerprint density at radius 1 is 0.949 bits per heavy atom. The summed E-state index contributed by atoms with van der Waals surface area (Å²) in [5.74, 6) is -0.843. The van der Waals surface area contributed by atoms with E-state index < -0.39 is 34.4 Å². The largest absolute Gasteiger partial charge is 0.492 e. The lowest BCUT2D eigenvalue weighted by Gasteiger charge is -2.32. The van der Waals surface area contributed by atoms with Crippen molar-refractivity contribution in [3.05, 3.63) is 87.4 Å². The normalized spacial score (nSPS) is 11.9. The highest BCUT2D eigenvalue weighted by molar-refractivity contribution is 7.92. The fourth-order valence-corrected chi connectivity index (χ4v) is 5.90. The molecule has 0 aliphatic heterocycles. The third kappa shape index (κ3) is 7.16. The molecule has 3 aromatic rings. The van der Waals surface area contributed by atoms with E-state index in [1.807, 2.05) is 0 Å². The van der Waals surface area contributed by atoms with Gasteiger partial charge in [-0.3, -0.25) is 13.9 Å². The van der Waals surface area contributed by atoms with Gasteiger partial charge in [0.1, 0.15) is 18.3 Å². The molecule has 0 bridgehead atoms. The van der Waals surface area contributed by atoms with Crippen molar-refractivity contribution in [1.29, 1.82) is 0 Å². The van der Waals surface area contributed by atoms with E-state index in [0.717, 1.165) is 4.31 Å². The number of hydrogen-bond donors (Lipinski definition) is 1. The number of halogens is 3. The molecule has 3 aromatic carbocycles. The average Bonchev–Trinajstić information content (AvgIpc) is 2.91. The molecule has 2 amide bonds. The Morgan fingerprint density at radius 2 is 1.56 bits per heavy atom. The van der Waals surface area contributed by atoms with Crippen LogP contribution < -0.4 is 14.4 Å². The number of para-hydroxylation sites is 2. The van der Waals surface area contributed by atoms with Gasteiger partial charge in [0.05, 0.1) is 17.2 Å². The first-order chi connectivity index (χ1) is 18.5. The standard InChI is InChI=1S/C27H28Cl3N3O5S/c1-4-38-25-11-6-5-10-24(25)33(39(36,37)20-14-12-19(28)13-15-20)17-26(34)32(18(2)27(35)31-3)16-21-22(29)8-7-9-23(21)30/h5-15,18H,4,16-17H2,1-3H3,(H,31,35)/t18-/m0/s1. The maximum Gasteiger partial charge on any atom is 0.264 e. The van der Waals surface area contributed by atoms with Crippen molar-refractivity contribution in [3.63, 3.8) is 0 Å². The van der Waals surface area contributed by atoms with Gasteiger partial charge in [-0.05, 0) is 62.4 Å². The number of sulfonamides is 1.